The van der Waals surface area contributed by atoms with Crippen LogP contribution in [0.15, 0.2) is 36.4 Å². The van der Waals surface area contributed by atoms with Gasteiger partial charge in [0.1, 0.15) is 17.4 Å². The number of rotatable bonds is 2. The van der Waals surface area contributed by atoms with Gasteiger partial charge in [-0.15, -0.1) is 0 Å². The van der Waals surface area contributed by atoms with Crippen molar-refractivity contribution in [2.75, 3.05) is 0 Å². The minimum Gasteiger partial charge on any atom is -0.507 e. The fourth-order valence-electron chi connectivity index (χ4n) is 2.47. The van der Waals surface area contributed by atoms with E-state index in [4.69, 9.17) is 0 Å². The number of phenols is 1. The standard InChI is InChI=1S/C16H15FN2O/c1-3-19-14-8-7-11(17)9-13(14)18-16(19)12-6-4-5-10(2)15(12)20/h4-9,20H,3H2,1-2H3. The van der Waals surface area contributed by atoms with Crippen LogP contribution in [0, 0.1) is 12.7 Å². The number of fused-ring (bicyclic) bond motifs is 1. The van der Waals surface area contributed by atoms with Gasteiger partial charge >= 0.3 is 0 Å². The Hall–Kier alpha value is -2.36. The summed E-state index contributed by atoms with van der Waals surface area (Å²) in [7, 11) is 0. The second-order valence-electron chi connectivity index (χ2n) is 4.78. The maximum atomic E-state index is 13.3. The van der Waals surface area contributed by atoms with Crippen LogP contribution in [0.2, 0.25) is 0 Å². The summed E-state index contributed by atoms with van der Waals surface area (Å²) >= 11 is 0. The smallest absolute Gasteiger partial charge is 0.144 e. The third-order valence-electron chi connectivity index (χ3n) is 3.51. The summed E-state index contributed by atoms with van der Waals surface area (Å²) in [6, 6.07) is 10.1. The third-order valence-corrected chi connectivity index (χ3v) is 3.51. The van der Waals surface area contributed by atoms with Gasteiger partial charge < -0.3 is 9.67 Å². The number of phenolic OH excluding ortho intramolecular Hbond substituents is 1. The van der Waals surface area contributed by atoms with Crippen LogP contribution in [0.4, 0.5) is 4.39 Å². The van der Waals surface area contributed by atoms with E-state index >= 15 is 0 Å². The highest BCUT2D eigenvalue weighted by atomic mass is 19.1. The molecule has 1 heterocycles. The van der Waals surface area contributed by atoms with Crippen LogP contribution in [0.5, 0.6) is 5.75 Å². The summed E-state index contributed by atoms with van der Waals surface area (Å²) in [6.07, 6.45) is 0. The van der Waals surface area contributed by atoms with Crippen molar-refractivity contribution >= 4 is 11.0 Å². The first kappa shape index (κ1) is 12.7. The summed E-state index contributed by atoms with van der Waals surface area (Å²) < 4.78 is 15.3. The zero-order valence-electron chi connectivity index (χ0n) is 11.4. The van der Waals surface area contributed by atoms with Crippen molar-refractivity contribution in [1.82, 2.24) is 9.55 Å². The lowest BCUT2D eigenvalue weighted by molar-refractivity contribution is 0.472. The Balaban J connectivity index is 2.33. The minimum atomic E-state index is -0.307. The quantitative estimate of drug-likeness (QED) is 0.767. The van der Waals surface area contributed by atoms with E-state index in [-0.39, 0.29) is 11.6 Å². The van der Waals surface area contributed by atoms with Crippen molar-refractivity contribution in [2.45, 2.75) is 20.4 Å². The zero-order chi connectivity index (χ0) is 14.3. The van der Waals surface area contributed by atoms with E-state index < -0.39 is 0 Å². The average molecular weight is 270 g/mol. The van der Waals surface area contributed by atoms with Crippen molar-refractivity contribution in [2.24, 2.45) is 0 Å². The molecule has 0 radical (unpaired) electrons. The zero-order valence-corrected chi connectivity index (χ0v) is 11.4. The van der Waals surface area contributed by atoms with Gasteiger partial charge in [0.25, 0.3) is 0 Å². The van der Waals surface area contributed by atoms with E-state index in [0.29, 0.717) is 23.4 Å². The first-order valence-corrected chi connectivity index (χ1v) is 6.56. The summed E-state index contributed by atoms with van der Waals surface area (Å²) in [4.78, 5) is 4.48. The summed E-state index contributed by atoms with van der Waals surface area (Å²) in [5.74, 6) is 0.575. The van der Waals surface area contributed by atoms with Gasteiger partial charge in [0.2, 0.25) is 0 Å². The summed E-state index contributed by atoms with van der Waals surface area (Å²) in [5, 5.41) is 10.2. The second-order valence-corrected chi connectivity index (χ2v) is 4.78. The van der Waals surface area contributed by atoms with Gasteiger partial charge in [-0.05, 0) is 37.6 Å². The van der Waals surface area contributed by atoms with Gasteiger partial charge in [0.05, 0.1) is 16.6 Å². The fourth-order valence-corrected chi connectivity index (χ4v) is 2.47. The number of hydrogen-bond acceptors (Lipinski definition) is 2. The lowest BCUT2D eigenvalue weighted by atomic mass is 10.1. The van der Waals surface area contributed by atoms with Crippen LogP contribution in [-0.2, 0) is 6.54 Å². The van der Waals surface area contributed by atoms with Gasteiger partial charge in [-0.25, -0.2) is 9.37 Å². The number of halogens is 1. The third kappa shape index (κ3) is 1.84. The largest absolute Gasteiger partial charge is 0.507 e. The number of hydrogen-bond donors (Lipinski definition) is 1. The van der Waals surface area contributed by atoms with E-state index in [0.717, 1.165) is 11.1 Å². The van der Waals surface area contributed by atoms with Crippen LogP contribution in [0.3, 0.4) is 0 Å². The number of para-hydroxylation sites is 1. The molecule has 3 aromatic rings. The molecule has 1 aromatic heterocycles. The lowest BCUT2D eigenvalue weighted by Gasteiger charge is -2.09. The molecule has 3 rings (SSSR count). The molecule has 2 aromatic carbocycles. The molecule has 0 aliphatic carbocycles. The van der Waals surface area contributed by atoms with Crippen molar-refractivity contribution in [3.05, 3.63) is 47.8 Å². The molecule has 1 N–H and O–H groups in total. The molecule has 20 heavy (non-hydrogen) atoms. The predicted octanol–water partition coefficient (Wildman–Crippen LogP) is 3.88. The molecule has 0 atom stereocenters. The van der Waals surface area contributed by atoms with Crippen LogP contribution in [-0.4, -0.2) is 14.7 Å². The Morgan fingerprint density at radius 3 is 2.80 bits per heavy atom. The molecular formula is C16H15FN2O. The molecule has 0 spiro atoms. The maximum absolute atomic E-state index is 13.3. The molecule has 0 unspecified atom stereocenters. The normalized spacial score (nSPS) is 11.2. The van der Waals surface area contributed by atoms with E-state index in [9.17, 15) is 9.50 Å². The van der Waals surface area contributed by atoms with Gasteiger partial charge in [-0.1, -0.05) is 12.1 Å². The van der Waals surface area contributed by atoms with E-state index in [1.165, 1.54) is 12.1 Å². The van der Waals surface area contributed by atoms with Gasteiger partial charge in [-0.3, -0.25) is 0 Å². The highest BCUT2D eigenvalue weighted by molar-refractivity contribution is 5.82. The average Bonchev–Trinajstić information content (AvgIpc) is 2.79. The Morgan fingerprint density at radius 2 is 2.05 bits per heavy atom. The molecule has 4 heteroatoms. The van der Waals surface area contributed by atoms with E-state index in [2.05, 4.69) is 4.98 Å². The molecule has 0 fully saturated rings. The topological polar surface area (TPSA) is 38.0 Å². The van der Waals surface area contributed by atoms with Crippen LogP contribution in [0.1, 0.15) is 12.5 Å². The molecule has 0 aliphatic rings. The van der Waals surface area contributed by atoms with Crippen molar-refractivity contribution in [1.29, 1.82) is 0 Å². The molecule has 3 nitrogen and oxygen atoms in total. The number of benzene rings is 2. The molecule has 102 valence electrons. The van der Waals surface area contributed by atoms with Gasteiger partial charge in [-0.2, -0.15) is 0 Å². The van der Waals surface area contributed by atoms with Gasteiger partial charge in [0.15, 0.2) is 0 Å². The predicted molar refractivity (Wildman–Crippen MR) is 77.2 cm³/mol. The lowest BCUT2D eigenvalue weighted by Crippen LogP contribution is -1.98. The Bertz CT molecular complexity index is 793. The number of aromatic nitrogens is 2. The number of aromatic hydroxyl groups is 1. The van der Waals surface area contributed by atoms with E-state index in [1.807, 2.05) is 36.6 Å². The molecule has 0 saturated heterocycles. The maximum Gasteiger partial charge on any atom is 0.144 e. The van der Waals surface area contributed by atoms with Crippen molar-refractivity contribution in [3.63, 3.8) is 0 Å². The Kier molecular flexibility index (Phi) is 2.93. The summed E-state index contributed by atoms with van der Waals surface area (Å²) in [5.41, 5.74) is 2.93. The highest BCUT2D eigenvalue weighted by Crippen LogP contribution is 2.33. The number of aryl methyl sites for hydroxylation is 2. The minimum absolute atomic E-state index is 0.220. The SMILES string of the molecule is CCn1c(-c2cccc(C)c2O)nc2cc(F)ccc21. The molecular weight excluding hydrogens is 255 g/mol. The van der Waals surface area contributed by atoms with E-state index in [1.54, 1.807) is 6.07 Å². The number of nitrogens with zero attached hydrogens (tertiary/aromatic N) is 2. The van der Waals surface area contributed by atoms with Crippen LogP contribution in [0.25, 0.3) is 22.4 Å². The first-order chi connectivity index (χ1) is 9.61. The van der Waals surface area contributed by atoms with Crippen molar-refractivity contribution in [3.8, 4) is 17.1 Å². The van der Waals surface area contributed by atoms with Gasteiger partial charge in [0, 0.05) is 12.6 Å². The highest BCUT2D eigenvalue weighted by Gasteiger charge is 2.15. The first-order valence-electron chi connectivity index (χ1n) is 6.56. The van der Waals surface area contributed by atoms with Crippen LogP contribution >= 0.6 is 0 Å². The Labute approximate surface area is 116 Å². The molecule has 0 saturated carbocycles. The second kappa shape index (κ2) is 4.63. The summed E-state index contributed by atoms with van der Waals surface area (Å²) in [6.45, 7) is 4.54. The molecule has 0 amide bonds. The number of imidazole rings is 1. The molecule has 0 aliphatic heterocycles. The fraction of sp³-hybridized carbons (Fsp3) is 0.188. The van der Waals surface area contributed by atoms with Crippen LogP contribution < -0.4 is 0 Å². The monoisotopic (exact) mass is 270 g/mol. The van der Waals surface area contributed by atoms with Crippen molar-refractivity contribution < 1.29 is 9.50 Å². The Morgan fingerprint density at radius 1 is 1.25 bits per heavy atom. The molecule has 0 bridgehead atoms.